The normalized spacial score (nSPS) is 11.7. The number of rotatable bonds is 8. The second-order valence-electron chi connectivity index (χ2n) is 7.71. The quantitative estimate of drug-likeness (QED) is 0.332. The second-order valence-corrected chi connectivity index (χ2v) is 9.58. The molecule has 1 heterocycles. The zero-order valence-electron chi connectivity index (χ0n) is 19.2. The lowest BCUT2D eigenvalue weighted by molar-refractivity contribution is -0.116. The van der Waals surface area contributed by atoms with Crippen LogP contribution in [0.5, 0.6) is 11.6 Å². The molecule has 4 rings (SSSR count). The summed E-state index contributed by atoms with van der Waals surface area (Å²) in [6.07, 6.45) is 0. The molecular weight excluding hydrogens is 468 g/mol. The van der Waals surface area contributed by atoms with Crippen molar-refractivity contribution in [3.63, 3.8) is 0 Å². The zero-order chi connectivity index (χ0) is 25.0. The first-order chi connectivity index (χ1) is 16.8. The predicted octanol–water partition coefficient (Wildman–Crippen LogP) is 5.09. The number of hydrogen-bond donors (Lipinski definition) is 2. The number of azo groups is 1. The SMILES string of the molecule is CCOc1ccc(S(=O)(=O)N(CC(=O)N=Nc2c(O)[nH]c3ccccc23)c2ccc(C)cc2)cc1. The molecule has 0 aliphatic heterocycles. The van der Waals surface area contributed by atoms with Gasteiger partial charge < -0.3 is 14.8 Å². The largest absolute Gasteiger partial charge is 0.494 e. The van der Waals surface area contributed by atoms with Crippen LogP contribution >= 0.6 is 0 Å². The Bertz CT molecular complexity index is 1480. The number of aromatic amines is 1. The topological polar surface area (TPSA) is 124 Å². The lowest BCUT2D eigenvalue weighted by Crippen LogP contribution is -2.35. The fourth-order valence-corrected chi connectivity index (χ4v) is 4.92. The first kappa shape index (κ1) is 24.0. The van der Waals surface area contributed by atoms with Gasteiger partial charge in [0, 0.05) is 5.39 Å². The average Bonchev–Trinajstić information content (AvgIpc) is 3.17. The summed E-state index contributed by atoms with van der Waals surface area (Å²) in [5, 5.41) is 18.3. The third kappa shape index (κ3) is 5.17. The number of carbonyl (C=O) groups is 1. The second kappa shape index (κ2) is 9.98. The summed E-state index contributed by atoms with van der Waals surface area (Å²) in [7, 11) is -4.11. The van der Waals surface area contributed by atoms with E-state index in [-0.39, 0.29) is 16.5 Å². The number of hydrogen-bond acceptors (Lipinski definition) is 6. The number of nitrogens with one attached hydrogen (secondary N) is 1. The smallest absolute Gasteiger partial charge is 0.285 e. The molecule has 35 heavy (non-hydrogen) atoms. The van der Waals surface area contributed by atoms with Gasteiger partial charge in [-0.2, -0.15) is 0 Å². The van der Waals surface area contributed by atoms with Crippen LogP contribution in [0.25, 0.3) is 10.9 Å². The lowest BCUT2D eigenvalue weighted by atomic mass is 10.2. The molecule has 2 N–H and O–H groups in total. The molecule has 0 atom stereocenters. The first-order valence-corrected chi connectivity index (χ1v) is 12.3. The highest BCUT2D eigenvalue weighted by atomic mass is 32.2. The molecule has 0 radical (unpaired) electrons. The summed E-state index contributed by atoms with van der Waals surface area (Å²) in [6, 6.07) is 19.8. The molecule has 180 valence electrons. The Labute approximate surface area is 202 Å². The van der Waals surface area contributed by atoms with Crippen LogP contribution in [0.15, 0.2) is 87.9 Å². The molecule has 0 fully saturated rings. The number of aromatic hydroxyl groups is 1. The minimum absolute atomic E-state index is 0.000500. The summed E-state index contributed by atoms with van der Waals surface area (Å²) in [4.78, 5) is 15.5. The Balaban J connectivity index is 1.65. The highest BCUT2D eigenvalue weighted by Crippen LogP contribution is 2.35. The van der Waals surface area contributed by atoms with E-state index in [1.807, 2.05) is 13.8 Å². The van der Waals surface area contributed by atoms with Gasteiger partial charge in [0.2, 0.25) is 5.88 Å². The van der Waals surface area contributed by atoms with E-state index in [0.717, 1.165) is 9.87 Å². The van der Waals surface area contributed by atoms with Gasteiger partial charge >= 0.3 is 0 Å². The van der Waals surface area contributed by atoms with Gasteiger partial charge in [-0.05, 0) is 56.3 Å². The van der Waals surface area contributed by atoms with Gasteiger partial charge in [0.05, 0.1) is 22.7 Å². The van der Waals surface area contributed by atoms with Crippen LogP contribution < -0.4 is 9.04 Å². The number of benzene rings is 3. The number of para-hydroxylation sites is 1. The number of aryl methyl sites for hydroxylation is 1. The van der Waals surface area contributed by atoms with Gasteiger partial charge in [0.25, 0.3) is 15.9 Å². The van der Waals surface area contributed by atoms with Crippen molar-refractivity contribution in [1.82, 2.24) is 4.98 Å². The molecule has 0 saturated carbocycles. The van der Waals surface area contributed by atoms with Crippen LogP contribution in [0.1, 0.15) is 12.5 Å². The maximum Gasteiger partial charge on any atom is 0.285 e. The zero-order valence-corrected chi connectivity index (χ0v) is 20.0. The molecule has 0 bridgehead atoms. The number of amides is 1. The molecule has 9 nitrogen and oxygen atoms in total. The number of fused-ring (bicyclic) bond motifs is 1. The Morgan fingerprint density at radius 1 is 1.03 bits per heavy atom. The number of H-pyrrole nitrogens is 1. The first-order valence-electron chi connectivity index (χ1n) is 10.9. The average molecular weight is 493 g/mol. The van der Waals surface area contributed by atoms with Crippen LogP contribution in [-0.2, 0) is 14.8 Å². The molecule has 0 aliphatic rings. The molecule has 3 aromatic carbocycles. The third-order valence-electron chi connectivity index (χ3n) is 5.24. The lowest BCUT2D eigenvalue weighted by Gasteiger charge is -2.23. The van der Waals surface area contributed by atoms with Gasteiger partial charge in [-0.3, -0.25) is 9.10 Å². The van der Waals surface area contributed by atoms with E-state index in [4.69, 9.17) is 4.74 Å². The van der Waals surface area contributed by atoms with Crippen molar-refractivity contribution in [2.75, 3.05) is 17.5 Å². The van der Waals surface area contributed by atoms with E-state index >= 15 is 0 Å². The summed E-state index contributed by atoms with van der Waals surface area (Å²) in [6.45, 7) is 3.58. The van der Waals surface area contributed by atoms with E-state index in [0.29, 0.717) is 28.9 Å². The molecular formula is C25H24N4O5S. The van der Waals surface area contributed by atoms with Crippen LogP contribution in [0.4, 0.5) is 11.4 Å². The minimum atomic E-state index is -4.11. The number of sulfonamides is 1. The highest BCUT2D eigenvalue weighted by molar-refractivity contribution is 7.92. The highest BCUT2D eigenvalue weighted by Gasteiger charge is 2.27. The Kier molecular flexibility index (Phi) is 6.83. The van der Waals surface area contributed by atoms with Gasteiger partial charge in [-0.1, -0.05) is 35.9 Å². The maximum atomic E-state index is 13.5. The Morgan fingerprint density at radius 3 is 2.40 bits per heavy atom. The monoisotopic (exact) mass is 492 g/mol. The van der Waals surface area contributed by atoms with Crippen LogP contribution in [0, 0.1) is 6.92 Å². The number of aromatic nitrogens is 1. The summed E-state index contributed by atoms with van der Waals surface area (Å²) in [5.41, 5.74) is 1.98. The molecule has 4 aromatic rings. The number of nitrogens with zero attached hydrogens (tertiary/aromatic N) is 3. The van der Waals surface area contributed by atoms with Crippen LogP contribution in [0.2, 0.25) is 0 Å². The number of anilines is 1. The van der Waals surface area contributed by atoms with E-state index in [1.54, 1.807) is 60.7 Å². The molecule has 0 spiro atoms. The van der Waals surface area contributed by atoms with Crippen molar-refractivity contribution in [3.8, 4) is 11.6 Å². The fourth-order valence-electron chi connectivity index (χ4n) is 3.50. The minimum Gasteiger partial charge on any atom is -0.494 e. The number of ether oxygens (including phenoxy) is 1. The summed E-state index contributed by atoms with van der Waals surface area (Å²) < 4.78 is 33.4. The van der Waals surface area contributed by atoms with Gasteiger partial charge in [-0.15, -0.1) is 10.2 Å². The molecule has 1 aromatic heterocycles. The van der Waals surface area contributed by atoms with Crippen molar-refractivity contribution < 1.29 is 23.1 Å². The van der Waals surface area contributed by atoms with Crippen LogP contribution in [-0.4, -0.2) is 37.6 Å². The Hall–Kier alpha value is -4.18. The van der Waals surface area contributed by atoms with Gasteiger partial charge in [0.15, 0.2) is 5.69 Å². The van der Waals surface area contributed by atoms with E-state index < -0.39 is 22.5 Å². The number of carbonyl (C=O) groups excluding carboxylic acids is 1. The molecule has 1 amide bonds. The fraction of sp³-hybridized carbons (Fsp3) is 0.160. The van der Waals surface area contributed by atoms with E-state index in [1.165, 1.54) is 12.1 Å². The molecule has 0 aliphatic carbocycles. The van der Waals surface area contributed by atoms with E-state index in [2.05, 4.69) is 15.2 Å². The predicted molar refractivity (Wildman–Crippen MR) is 133 cm³/mol. The maximum absolute atomic E-state index is 13.5. The molecule has 10 heteroatoms. The summed E-state index contributed by atoms with van der Waals surface area (Å²) >= 11 is 0. The third-order valence-corrected chi connectivity index (χ3v) is 7.03. The van der Waals surface area contributed by atoms with Crippen LogP contribution in [0.3, 0.4) is 0 Å². The molecule has 0 saturated heterocycles. The van der Waals surface area contributed by atoms with Gasteiger partial charge in [-0.25, -0.2) is 8.42 Å². The molecule has 0 unspecified atom stereocenters. The Morgan fingerprint density at radius 2 is 1.71 bits per heavy atom. The van der Waals surface area contributed by atoms with Crippen molar-refractivity contribution in [2.24, 2.45) is 10.2 Å². The van der Waals surface area contributed by atoms with Crippen molar-refractivity contribution >= 4 is 38.2 Å². The standard InChI is InChI=1S/C25H24N4O5S/c1-3-34-19-12-14-20(15-13-19)35(32,33)29(18-10-8-17(2)9-11-18)16-23(30)27-28-24-21-6-4-5-7-22(21)26-25(24)31/h4-15,26,31H,3,16H2,1-2H3. The van der Waals surface area contributed by atoms with Crippen molar-refractivity contribution in [3.05, 3.63) is 78.4 Å². The van der Waals surface area contributed by atoms with E-state index in [9.17, 15) is 18.3 Å². The van der Waals surface area contributed by atoms with Gasteiger partial charge in [0.1, 0.15) is 12.3 Å². The van der Waals surface area contributed by atoms with Crippen molar-refractivity contribution in [1.29, 1.82) is 0 Å². The summed E-state index contributed by atoms with van der Waals surface area (Å²) in [5.74, 6) is -0.498. The van der Waals surface area contributed by atoms with Crippen molar-refractivity contribution in [2.45, 2.75) is 18.7 Å².